The monoisotopic (exact) mass is 430 g/mol. The summed E-state index contributed by atoms with van der Waals surface area (Å²) in [6.07, 6.45) is 1.04. The molecule has 26 heavy (non-hydrogen) atoms. The third-order valence-electron chi connectivity index (χ3n) is 4.21. The van der Waals surface area contributed by atoms with Crippen LogP contribution >= 0.6 is 28.7 Å². The van der Waals surface area contributed by atoms with Crippen molar-refractivity contribution in [2.45, 2.75) is 18.5 Å². The molecule has 0 aliphatic carbocycles. The molecule has 134 valence electrons. The Morgan fingerprint density at radius 2 is 1.69 bits per heavy atom. The van der Waals surface area contributed by atoms with E-state index in [1.165, 1.54) is 5.56 Å². The zero-order valence-corrected chi connectivity index (χ0v) is 17.1. The van der Waals surface area contributed by atoms with Gasteiger partial charge in [0.05, 0.1) is 12.8 Å². The second kappa shape index (κ2) is 8.05. The SMILES string of the molecule is Br.CCc1ccc(C2=Nn3c(nnc3-c3ccc(OC)cc3)SC2)cc1. The van der Waals surface area contributed by atoms with Gasteiger partial charge in [-0.1, -0.05) is 43.0 Å². The molecular weight excluding hydrogens is 412 g/mol. The van der Waals surface area contributed by atoms with Crippen LogP contribution in [0.2, 0.25) is 0 Å². The Labute approximate surface area is 167 Å². The van der Waals surface area contributed by atoms with E-state index >= 15 is 0 Å². The molecule has 0 fully saturated rings. The molecule has 1 aromatic heterocycles. The number of ether oxygens (including phenoxy) is 1. The quantitative estimate of drug-likeness (QED) is 0.613. The predicted octanol–water partition coefficient (Wildman–Crippen LogP) is 4.45. The molecule has 0 N–H and O–H groups in total. The van der Waals surface area contributed by atoms with Crippen molar-refractivity contribution in [3.05, 3.63) is 59.7 Å². The Morgan fingerprint density at radius 1 is 1.00 bits per heavy atom. The molecule has 0 atom stereocenters. The Balaban J connectivity index is 0.00000196. The Kier molecular flexibility index (Phi) is 5.78. The molecule has 0 bridgehead atoms. The summed E-state index contributed by atoms with van der Waals surface area (Å²) < 4.78 is 7.05. The fraction of sp³-hybridized carbons (Fsp3) is 0.211. The first-order valence-electron chi connectivity index (χ1n) is 8.18. The minimum Gasteiger partial charge on any atom is -0.497 e. The lowest BCUT2D eigenvalue weighted by Crippen LogP contribution is -2.13. The summed E-state index contributed by atoms with van der Waals surface area (Å²) in [5.74, 6) is 2.36. The van der Waals surface area contributed by atoms with Crippen LogP contribution in [0, 0.1) is 0 Å². The largest absolute Gasteiger partial charge is 0.497 e. The molecule has 0 saturated heterocycles. The molecule has 1 aliphatic rings. The maximum atomic E-state index is 5.22. The van der Waals surface area contributed by atoms with Gasteiger partial charge >= 0.3 is 0 Å². The van der Waals surface area contributed by atoms with Gasteiger partial charge < -0.3 is 4.74 Å². The maximum absolute atomic E-state index is 5.22. The summed E-state index contributed by atoms with van der Waals surface area (Å²) in [6.45, 7) is 2.16. The van der Waals surface area contributed by atoms with Crippen LogP contribution in [0.4, 0.5) is 0 Å². The van der Waals surface area contributed by atoms with Gasteiger partial charge in [0, 0.05) is 11.3 Å². The van der Waals surface area contributed by atoms with Gasteiger partial charge in [-0.25, -0.2) is 0 Å². The standard InChI is InChI=1S/C19H18N4OS.BrH/c1-3-13-4-6-14(7-5-13)17-12-25-19-21-20-18(23(19)22-17)15-8-10-16(24-2)11-9-15;/h4-11H,3,12H2,1-2H3;1H. The molecular formula is C19H19BrN4OS. The molecule has 0 saturated carbocycles. The van der Waals surface area contributed by atoms with E-state index in [9.17, 15) is 0 Å². The third-order valence-corrected chi connectivity index (χ3v) is 5.14. The molecule has 5 nitrogen and oxygen atoms in total. The summed E-state index contributed by atoms with van der Waals surface area (Å²) in [6, 6.07) is 16.4. The predicted molar refractivity (Wildman–Crippen MR) is 111 cm³/mol. The lowest BCUT2D eigenvalue weighted by atomic mass is 10.1. The third kappa shape index (κ3) is 3.54. The van der Waals surface area contributed by atoms with Crippen molar-refractivity contribution >= 4 is 34.5 Å². The van der Waals surface area contributed by atoms with E-state index < -0.39 is 0 Å². The zero-order valence-electron chi connectivity index (χ0n) is 14.5. The summed E-state index contributed by atoms with van der Waals surface area (Å²) in [7, 11) is 1.66. The summed E-state index contributed by atoms with van der Waals surface area (Å²) in [5, 5.41) is 14.2. The van der Waals surface area contributed by atoms with Gasteiger partial charge in [0.25, 0.3) is 0 Å². The number of hydrogen-bond acceptors (Lipinski definition) is 5. The van der Waals surface area contributed by atoms with E-state index in [4.69, 9.17) is 9.84 Å². The summed E-state index contributed by atoms with van der Waals surface area (Å²) >= 11 is 1.66. The number of methoxy groups -OCH3 is 1. The highest BCUT2D eigenvalue weighted by Crippen LogP contribution is 2.29. The van der Waals surface area contributed by atoms with Crippen LogP contribution in [0.1, 0.15) is 18.1 Å². The average Bonchev–Trinajstić information content (AvgIpc) is 3.11. The van der Waals surface area contributed by atoms with Crippen molar-refractivity contribution in [2.75, 3.05) is 12.9 Å². The number of rotatable bonds is 4. The van der Waals surface area contributed by atoms with E-state index in [1.54, 1.807) is 18.9 Å². The van der Waals surface area contributed by atoms with E-state index in [-0.39, 0.29) is 17.0 Å². The molecule has 2 aromatic carbocycles. The zero-order chi connectivity index (χ0) is 17.2. The Hall–Kier alpha value is -2.12. The normalized spacial score (nSPS) is 12.8. The first kappa shape index (κ1) is 18.7. The van der Waals surface area contributed by atoms with Crippen molar-refractivity contribution in [3.8, 4) is 17.1 Å². The number of aromatic nitrogens is 3. The Bertz CT molecular complexity index is 920. The van der Waals surface area contributed by atoms with Gasteiger partial charge in [-0.05, 0) is 41.8 Å². The highest BCUT2D eigenvalue weighted by atomic mass is 79.9. The van der Waals surface area contributed by atoms with Crippen LogP contribution in [0.3, 0.4) is 0 Å². The van der Waals surface area contributed by atoms with Crippen LogP contribution in [0.5, 0.6) is 5.75 Å². The molecule has 0 radical (unpaired) electrons. The van der Waals surface area contributed by atoms with Crippen molar-refractivity contribution in [1.29, 1.82) is 0 Å². The number of hydrogen-bond donors (Lipinski definition) is 0. The van der Waals surface area contributed by atoms with Crippen LogP contribution in [0.15, 0.2) is 58.8 Å². The average molecular weight is 431 g/mol. The molecule has 2 heterocycles. The minimum atomic E-state index is 0. The number of fused-ring (bicyclic) bond motifs is 1. The van der Waals surface area contributed by atoms with E-state index in [1.807, 2.05) is 28.9 Å². The minimum absolute atomic E-state index is 0. The summed E-state index contributed by atoms with van der Waals surface area (Å²) in [4.78, 5) is 0. The van der Waals surface area contributed by atoms with E-state index in [0.717, 1.165) is 45.7 Å². The number of aryl methyl sites for hydroxylation is 1. The van der Waals surface area contributed by atoms with E-state index in [2.05, 4.69) is 41.4 Å². The van der Waals surface area contributed by atoms with Crippen molar-refractivity contribution in [2.24, 2.45) is 5.10 Å². The maximum Gasteiger partial charge on any atom is 0.212 e. The van der Waals surface area contributed by atoms with Gasteiger partial charge in [0.15, 0.2) is 5.82 Å². The number of nitrogens with zero attached hydrogens (tertiary/aromatic N) is 4. The second-order valence-electron chi connectivity index (χ2n) is 5.73. The van der Waals surface area contributed by atoms with Crippen molar-refractivity contribution < 1.29 is 4.74 Å². The molecule has 3 aromatic rings. The Morgan fingerprint density at radius 3 is 2.35 bits per heavy atom. The fourth-order valence-electron chi connectivity index (χ4n) is 2.72. The lowest BCUT2D eigenvalue weighted by molar-refractivity contribution is 0.415. The van der Waals surface area contributed by atoms with Gasteiger partial charge in [-0.3, -0.25) is 0 Å². The van der Waals surface area contributed by atoms with Crippen LogP contribution in [-0.4, -0.2) is 33.4 Å². The van der Waals surface area contributed by atoms with Gasteiger partial charge in [-0.15, -0.1) is 27.2 Å². The number of halogens is 1. The number of thioether (sulfide) groups is 1. The molecule has 0 spiro atoms. The smallest absolute Gasteiger partial charge is 0.212 e. The van der Waals surface area contributed by atoms with Crippen LogP contribution < -0.4 is 4.74 Å². The van der Waals surface area contributed by atoms with Crippen molar-refractivity contribution in [1.82, 2.24) is 14.9 Å². The molecule has 0 unspecified atom stereocenters. The van der Waals surface area contributed by atoms with E-state index in [0.29, 0.717) is 0 Å². The van der Waals surface area contributed by atoms with Gasteiger partial charge in [-0.2, -0.15) is 9.78 Å². The molecule has 7 heteroatoms. The van der Waals surface area contributed by atoms with Crippen LogP contribution in [0.25, 0.3) is 11.4 Å². The van der Waals surface area contributed by atoms with Crippen LogP contribution in [-0.2, 0) is 6.42 Å². The first-order chi connectivity index (χ1) is 12.3. The van der Waals surface area contributed by atoms with Gasteiger partial charge in [0.1, 0.15) is 5.75 Å². The topological polar surface area (TPSA) is 52.3 Å². The fourth-order valence-corrected chi connectivity index (χ4v) is 3.56. The highest BCUT2D eigenvalue weighted by molar-refractivity contribution is 8.93. The summed E-state index contributed by atoms with van der Waals surface area (Å²) in [5.41, 5.74) is 4.47. The molecule has 4 rings (SSSR count). The first-order valence-corrected chi connectivity index (χ1v) is 9.17. The molecule has 0 amide bonds. The van der Waals surface area contributed by atoms with Crippen molar-refractivity contribution in [3.63, 3.8) is 0 Å². The number of benzene rings is 2. The lowest BCUT2D eigenvalue weighted by Gasteiger charge is -2.14. The second-order valence-corrected chi connectivity index (χ2v) is 6.67. The highest BCUT2D eigenvalue weighted by Gasteiger charge is 2.20. The van der Waals surface area contributed by atoms with Gasteiger partial charge in [0.2, 0.25) is 5.16 Å². The molecule has 1 aliphatic heterocycles.